The van der Waals surface area contributed by atoms with E-state index in [1.807, 2.05) is 31.2 Å². The number of ether oxygens (including phenoxy) is 1. The van der Waals surface area contributed by atoms with E-state index in [2.05, 4.69) is 15.3 Å². The average Bonchev–Trinajstić information content (AvgIpc) is 2.62. The van der Waals surface area contributed by atoms with E-state index in [9.17, 15) is 9.59 Å². The first-order chi connectivity index (χ1) is 12.1. The van der Waals surface area contributed by atoms with Gasteiger partial charge in [-0.25, -0.2) is 4.98 Å². The molecule has 1 aromatic heterocycles. The fraction of sp³-hybridized carbons (Fsp3) is 0.105. The van der Waals surface area contributed by atoms with Crippen LogP contribution in [0.1, 0.15) is 12.5 Å². The summed E-state index contributed by atoms with van der Waals surface area (Å²) in [6.07, 6.45) is 2.86. The Morgan fingerprint density at radius 3 is 2.68 bits per heavy atom. The van der Waals surface area contributed by atoms with Gasteiger partial charge in [0.05, 0.1) is 24.3 Å². The van der Waals surface area contributed by atoms with Crippen LogP contribution in [0.15, 0.2) is 59.7 Å². The van der Waals surface area contributed by atoms with Gasteiger partial charge in [0.15, 0.2) is 0 Å². The van der Waals surface area contributed by atoms with Gasteiger partial charge in [0.25, 0.3) is 5.56 Å². The molecule has 0 radical (unpaired) electrons. The number of nitrogens with one attached hydrogen (secondary N) is 2. The van der Waals surface area contributed by atoms with Gasteiger partial charge in [-0.2, -0.15) is 0 Å². The molecule has 0 aliphatic heterocycles. The molecular weight excluding hydrogens is 318 g/mol. The van der Waals surface area contributed by atoms with Crippen LogP contribution in [0, 0.1) is 0 Å². The molecule has 25 heavy (non-hydrogen) atoms. The second kappa shape index (κ2) is 7.00. The Morgan fingerprint density at radius 2 is 1.96 bits per heavy atom. The maximum atomic E-state index is 12.2. The predicted molar refractivity (Wildman–Crippen MR) is 97.6 cm³/mol. The Morgan fingerprint density at radius 1 is 1.20 bits per heavy atom. The van der Waals surface area contributed by atoms with Crippen molar-refractivity contribution < 1.29 is 9.53 Å². The molecule has 0 saturated carbocycles. The van der Waals surface area contributed by atoms with Crippen LogP contribution in [0.25, 0.3) is 16.5 Å². The van der Waals surface area contributed by atoms with Crippen molar-refractivity contribution in [3.05, 3.63) is 70.8 Å². The highest BCUT2D eigenvalue weighted by atomic mass is 16.5. The maximum Gasteiger partial charge on any atom is 0.258 e. The van der Waals surface area contributed by atoms with E-state index in [1.165, 1.54) is 12.4 Å². The van der Waals surface area contributed by atoms with Crippen molar-refractivity contribution in [2.75, 3.05) is 12.4 Å². The maximum absolute atomic E-state index is 12.2. The molecular formula is C19H17N3O3. The van der Waals surface area contributed by atoms with Crippen molar-refractivity contribution in [1.82, 2.24) is 9.97 Å². The van der Waals surface area contributed by atoms with Crippen LogP contribution in [0.2, 0.25) is 0 Å². The monoisotopic (exact) mass is 335 g/mol. The number of carbonyl (C=O) groups excluding carboxylic acids is 1. The van der Waals surface area contributed by atoms with Gasteiger partial charge in [-0.1, -0.05) is 12.1 Å². The van der Waals surface area contributed by atoms with E-state index >= 15 is 0 Å². The number of hydrogen-bond acceptors (Lipinski definition) is 4. The summed E-state index contributed by atoms with van der Waals surface area (Å²) in [4.78, 5) is 30.6. The van der Waals surface area contributed by atoms with Gasteiger partial charge in [-0.15, -0.1) is 0 Å². The minimum absolute atomic E-state index is 0.244. The molecule has 0 atom stereocenters. The number of hydrogen-bond donors (Lipinski definition) is 2. The molecule has 0 fully saturated rings. The van der Waals surface area contributed by atoms with Crippen LogP contribution < -0.4 is 15.6 Å². The van der Waals surface area contributed by atoms with Crippen molar-refractivity contribution in [3.8, 4) is 5.75 Å². The van der Waals surface area contributed by atoms with Gasteiger partial charge < -0.3 is 15.0 Å². The molecule has 6 heteroatoms. The predicted octanol–water partition coefficient (Wildman–Crippen LogP) is 2.97. The topological polar surface area (TPSA) is 84.1 Å². The number of H-pyrrole nitrogens is 1. The number of nitrogens with zero attached hydrogens (tertiary/aromatic N) is 1. The molecule has 0 unspecified atom stereocenters. The van der Waals surface area contributed by atoms with Crippen molar-refractivity contribution in [2.45, 2.75) is 6.92 Å². The van der Waals surface area contributed by atoms with Gasteiger partial charge in [-0.3, -0.25) is 9.59 Å². The zero-order valence-corrected chi connectivity index (χ0v) is 13.9. The van der Waals surface area contributed by atoms with Gasteiger partial charge in [-0.05, 0) is 48.4 Å². The molecule has 0 aliphatic carbocycles. The quantitative estimate of drug-likeness (QED) is 0.718. The summed E-state index contributed by atoms with van der Waals surface area (Å²) >= 11 is 0. The highest BCUT2D eigenvalue weighted by Gasteiger charge is 2.05. The number of benzene rings is 2. The minimum Gasteiger partial charge on any atom is -0.497 e. The first-order valence-corrected chi connectivity index (χ1v) is 7.68. The lowest BCUT2D eigenvalue weighted by Crippen LogP contribution is -2.10. The Labute approximate surface area is 144 Å². The molecule has 2 aromatic carbocycles. The Kier molecular flexibility index (Phi) is 4.61. The fourth-order valence-corrected chi connectivity index (χ4v) is 2.46. The van der Waals surface area contributed by atoms with Crippen molar-refractivity contribution >= 4 is 28.1 Å². The Balaban J connectivity index is 1.79. The smallest absolute Gasteiger partial charge is 0.258 e. The zero-order valence-electron chi connectivity index (χ0n) is 13.9. The summed E-state index contributed by atoms with van der Waals surface area (Å²) in [6, 6.07) is 12.5. The third kappa shape index (κ3) is 3.74. The largest absolute Gasteiger partial charge is 0.497 e. The third-order valence-corrected chi connectivity index (χ3v) is 3.80. The van der Waals surface area contributed by atoms with E-state index in [0.29, 0.717) is 16.6 Å². The lowest BCUT2D eigenvalue weighted by atomic mass is 10.1. The summed E-state index contributed by atoms with van der Waals surface area (Å²) in [6.45, 7) is 1.86. The standard InChI is InChI=1S/C19H17N3O3/c1-12(13-3-6-15(25-2)7-4-13)9-18(23)22-14-5-8-17-16(10-14)19(24)21-11-20-17/h3-11H,1-2H3,(H,22,23)(H,20,21,24)/b12-9+. The van der Waals surface area contributed by atoms with Gasteiger partial charge in [0, 0.05) is 11.8 Å². The number of amides is 1. The molecule has 0 spiro atoms. The van der Waals surface area contributed by atoms with E-state index in [-0.39, 0.29) is 11.5 Å². The first kappa shape index (κ1) is 16.4. The molecule has 1 heterocycles. The average molecular weight is 335 g/mol. The van der Waals surface area contributed by atoms with Gasteiger partial charge in [0.1, 0.15) is 5.75 Å². The van der Waals surface area contributed by atoms with Crippen LogP contribution in [-0.4, -0.2) is 23.0 Å². The number of methoxy groups -OCH3 is 1. The summed E-state index contributed by atoms with van der Waals surface area (Å²) in [7, 11) is 1.61. The number of allylic oxidation sites excluding steroid dienone is 1. The van der Waals surface area contributed by atoms with Crippen molar-refractivity contribution in [3.63, 3.8) is 0 Å². The van der Waals surface area contributed by atoms with Crippen LogP contribution >= 0.6 is 0 Å². The number of rotatable bonds is 4. The van der Waals surface area contributed by atoms with Crippen molar-refractivity contribution in [1.29, 1.82) is 0 Å². The summed E-state index contributed by atoms with van der Waals surface area (Å²) in [5.74, 6) is 0.490. The molecule has 2 N–H and O–H groups in total. The lowest BCUT2D eigenvalue weighted by molar-refractivity contribution is -0.111. The second-order valence-corrected chi connectivity index (χ2v) is 5.51. The second-order valence-electron chi connectivity index (χ2n) is 5.51. The van der Waals surface area contributed by atoms with Gasteiger partial charge in [0.2, 0.25) is 5.91 Å². The SMILES string of the molecule is COc1ccc(/C(C)=C/C(=O)Nc2ccc3nc[nH]c(=O)c3c2)cc1. The lowest BCUT2D eigenvalue weighted by Gasteiger charge is -2.06. The molecule has 6 nitrogen and oxygen atoms in total. The molecule has 0 aliphatic rings. The van der Waals surface area contributed by atoms with E-state index in [0.717, 1.165) is 16.9 Å². The van der Waals surface area contributed by atoms with E-state index in [4.69, 9.17) is 4.74 Å². The molecule has 3 rings (SSSR count). The third-order valence-electron chi connectivity index (χ3n) is 3.80. The number of fused-ring (bicyclic) bond motifs is 1. The molecule has 0 saturated heterocycles. The summed E-state index contributed by atoms with van der Waals surface area (Å²) in [5.41, 5.74) is 2.61. The number of carbonyl (C=O) groups is 1. The molecule has 0 bridgehead atoms. The summed E-state index contributed by atoms with van der Waals surface area (Å²) in [5, 5.41) is 3.19. The molecule has 1 amide bonds. The minimum atomic E-state index is -0.270. The summed E-state index contributed by atoms with van der Waals surface area (Å²) < 4.78 is 5.12. The van der Waals surface area contributed by atoms with Crippen molar-refractivity contribution in [2.24, 2.45) is 0 Å². The van der Waals surface area contributed by atoms with Crippen LogP contribution in [0.3, 0.4) is 0 Å². The van der Waals surface area contributed by atoms with Gasteiger partial charge >= 0.3 is 0 Å². The highest BCUT2D eigenvalue weighted by Crippen LogP contribution is 2.19. The Hall–Kier alpha value is -3.41. The van der Waals surface area contributed by atoms with E-state index < -0.39 is 0 Å². The highest BCUT2D eigenvalue weighted by molar-refractivity contribution is 6.04. The number of aromatic nitrogens is 2. The van der Waals surface area contributed by atoms with Crippen LogP contribution in [-0.2, 0) is 4.79 Å². The van der Waals surface area contributed by atoms with Crippen LogP contribution in [0.5, 0.6) is 5.75 Å². The van der Waals surface area contributed by atoms with Crippen LogP contribution in [0.4, 0.5) is 5.69 Å². The fourth-order valence-electron chi connectivity index (χ4n) is 2.46. The number of aromatic amines is 1. The first-order valence-electron chi connectivity index (χ1n) is 7.68. The molecule has 3 aromatic rings. The zero-order chi connectivity index (χ0) is 17.8. The Bertz CT molecular complexity index is 1000. The molecule has 126 valence electrons. The number of anilines is 1. The normalized spacial score (nSPS) is 11.4. The van der Waals surface area contributed by atoms with E-state index in [1.54, 1.807) is 25.3 Å².